The van der Waals surface area contributed by atoms with Gasteiger partial charge in [0.25, 0.3) is 0 Å². The molecule has 0 aliphatic carbocycles. The fraction of sp³-hybridized carbons (Fsp3) is 0.962. The number of quaternary nitrogens is 1. The van der Waals surface area contributed by atoms with Gasteiger partial charge in [-0.3, -0.25) is 9.32 Å². The number of aliphatic hydroxyl groups excluding tert-OH is 1. The summed E-state index contributed by atoms with van der Waals surface area (Å²) < 4.78 is 16.3. The van der Waals surface area contributed by atoms with Crippen LogP contribution in [-0.4, -0.2) is 75.8 Å². The van der Waals surface area contributed by atoms with Crippen LogP contribution < -0.4 is 0 Å². The van der Waals surface area contributed by atoms with Crippen molar-refractivity contribution < 1.29 is 38.4 Å². The Bertz CT molecular complexity index is 601. The van der Waals surface area contributed by atoms with Crippen LogP contribution in [0.3, 0.4) is 0 Å². The molecule has 0 radical (unpaired) electrons. The first-order valence-electron chi connectivity index (χ1n) is 13.7. The highest BCUT2D eigenvalue weighted by molar-refractivity contribution is 7.46. The van der Waals surface area contributed by atoms with Crippen molar-refractivity contribution in [1.29, 1.82) is 0 Å². The molecule has 3 atom stereocenters. The fourth-order valence-electron chi connectivity index (χ4n) is 4.34. The zero-order valence-corrected chi connectivity index (χ0v) is 24.0. The van der Waals surface area contributed by atoms with Crippen LogP contribution in [0.2, 0.25) is 0 Å². The van der Waals surface area contributed by atoms with Crippen molar-refractivity contribution in [2.75, 3.05) is 27.7 Å². The third kappa shape index (κ3) is 18.5. The maximum Gasteiger partial charge on any atom is 0.470 e. The molecule has 4 N–H and O–H groups in total. The lowest BCUT2D eigenvalue weighted by molar-refractivity contribution is -0.873. The monoisotopic (exact) mass is 524 g/mol. The molecule has 3 unspecified atom stereocenters. The van der Waals surface area contributed by atoms with Crippen molar-refractivity contribution in [1.82, 2.24) is 0 Å². The summed E-state index contributed by atoms with van der Waals surface area (Å²) in [6.07, 6.45) is 15.2. The Labute approximate surface area is 214 Å². The van der Waals surface area contributed by atoms with Crippen molar-refractivity contribution in [3.63, 3.8) is 0 Å². The highest BCUT2D eigenvalue weighted by Crippen LogP contribution is 2.40. The topological polar surface area (TPSA) is 124 Å². The number of likely N-dealkylation sites (N-methyl/N-ethyl adjacent to an activating group) is 1. The standard InChI is InChI=1S/C26H54NO7P/c1-6-7-8-9-10-11-12-13-14-15-16-17-18-19-20-21-24(28)26(2,30)25(29)23(22-27(3,4)5)34-35(31,32)33/h23,25,29-30H,6-22H2,1-5H3,(H-,31,32,33)/p+1. The molecule has 210 valence electrons. The number of aliphatic hydroxyl groups is 2. The van der Waals surface area contributed by atoms with Crippen LogP contribution in [0.4, 0.5) is 0 Å². The van der Waals surface area contributed by atoms with Gasteiger partial charge in [-0.25, -0.2) is 4.57 Å². The molecule has 8 nitrogen and oxygen atoms in total. The van der Waals surface area contributed by atoms with E-state index in [4.69, 9.17) is 4.52 Å². The molecular formula is C26H55NO7P+. The van der Waals surface area contributed by atoms with E-state index in [9.17, 15) is 29.4 Å². The van der Waals surface area contributed by atoms with Gasteiger partial charge in [-0.15, -0.1) is 0 Å². The normalized spacial score (nSPS) is 16.1. The van der Waals surface area contributed by atoms with E-state index in [1.165, 1.54) is 77.6 Å². The van der Waals surface area contributed by atoms with E-state index < -0.39 is 31.4 Å². The van der Waals surface area contributed by atoms with Crippen LogP contribution in [0.25, 0.3) is 0 Å². The summed E-state index contributed by atoms with van der Waals surface area (Å²) >= 11 is 0. The highest BCUT2D eigenvalue weighted by Gasteiger charge is 2.46. The molecule has 0 aliphatic heterocycles. The average molecular weight is 525 g/mol. The molecule has 0 fully saturated rings. The Hall–Kier alpha value is -0.340. The first-order valence-corrected chi connectivity index (χ1v) is 15.2. The molecular weight excluding hydrogens is 469 g/mol. The van der Waals surface area contributed by atoms with Gasteiger partial charge in [-0.2, -0.15) is 0 Å². The molecule has 0 aromatic heterocycles. The van der Waals surface area contributed by atoms with Crippen LogP contribution in [0.5, 0.6) is 0 Å². The number of ketones is 1. The zero-order valence-electron chi connectivity index (χ0n) is 23.1. The molecule has 0 aromatic rings. The van der Waals surface area contributed by atoms with E-state index in [1.54, 1.807) is 21.1 Å². The summed E-state index contributed by atoms with van der Waals surface area (Å²) in [4.78, 5) is 31.0. The molecule has 9 heteroatoms. The molecule has 0 amide bonds. The maximum atomic E-state index is 12.6. The molecule has 0 spiro atoms. The van der Waals surface area contributed by atoms with E-state index >= 15 is 0 Å². The minimum atomic E-state index is -4.91. The molecule has 35 heavy (non-hydrogen) atoms. The lowest BCUT2D eigenvalue weighted by Gasteiger charge is -2.36. The molecule has 0 saturated heterocycles. The number of carbonyl (C=O) groups is 1. The third-order valence-corrected chi connectivity index (χ3v) is 7.05. The lowest BCUT2D eigenvalue weighted by Crippen LogP contribution is -2.57. The summed E-state index contributed by atoms with van der Waals surface area (Å²) in [6, 6.07) is 0. The summed E-state index contributed by atoms with van der Waals surface area (Å²) in [5.74, 6) is -0.541. The number of phosphoric acid groups is 1. The number of unbranched alkanes of at least 4 members (excludes halogenated alkanes) is 14. The zero-order chi connectivity index (χ0) is 27.0. The van der Waals surface area contributed by atoms with Gasteiger partial charge in [0.05, 0.1) is 21.1 Å². The molecule has 0 saturated carbocycles. The Kier molecular flexibility index (Phi) is 17.8. The number of carbonyl (C=O) groups excluding carboxylic acids is 1. The first-order chi connectivity index (χ1) is 16.2. The van der Waals surface area contributed by atoms with Crippen molar-refractivity contribution in [3.05, 3.63) is 0 Å². The van der Waals surface area contributed by atoms with Gasteiger partial charge in [0.15, 0.2) is 5.78 Å². The quantitative estimate of drug-likeness (QED) is 0.0831. The first kappa shape index (κ1) is 34.7. The smallest absolute Gasteiger partial charge is 0.387 e. The van der Waals surface area contributed by atoms with Gasteiger partial charge in [0.2, 0.25) is 0 Å². The van der Waals surface area contributed by atoms with Crippen LogP contribution in [0.1, 0.15) is 117 Å². The molecule has 0 bridgehead atoms. The van der Waals surface area contributed by atoms with Gasteiger partial charge >= 0.3 is 7.82 Å². The summed E-state index contributed by atoms with van der Waals surface area (Å²) in [6.45, 7) is 3.45. The van der Waals surface area contributed by atoms with Crippen molar-refractivity contribution in [3.8, 4) is 0 Å². The largest absolute Gasteiger partial charge is 0.470 e. The Morgan fingerprint density at radius 1 is 0.829 bits per heavy atom. The summed E-state index contributed by atoms with van der Waals surface area (Å²) in [5, 5.41) is 21.3. The predicted molar refractivity (Wildman–Crippen MR) is 141 cm³/mol. The van der Waals surface area contributed by atoms with Crippen molar-refractivity contribution in [2.45, 2.75) is 134 Å². The Morgan fingerprint density at radius 2 is 1.20 bits per heavy atom. The third-order valence-electron chi connectivity index (χ3n) is 6.50. The van der Waals surface area contributed by atoms with Gasteiger partial charge in [-0.1, -0.05) is 96.8 Å². The molecule has 0 heterocycles. The Morgan fingerprint density at radius 3 is 1.54 bits per heavy atom. The number of hydrogen-bond donors (Lipinski definition) is 4. The average Bonchev–Trinajstić information content (AvgIpc) is 2.73. The van der Waals surface area contributed by atoms with Crippen molar-refractivity contribution in [2.24, 2.45) is 0 Å². The van der Waals surface area contributed by atoms with E-state index in [0.29, 0.717) is 6.42 Å². The maximum absolute atomic E-state index is 12.6. The van der Waals surface area contributed by atoms with E-state index in [2.05, 4.69) is 6.92 Å². The van der Waals surface area contributed by atoms with Gasteiger partial charge in [0.1, 0.15) is 24.4 Å². The highest BCUT2D eigenvalue weighted by atomic mass is 31.2. The van der Waals surface area contributed by atoms with Crippen LogP contribution >= 0.6 is 7.82 Å². The number of hydrogen-bond acceptors (Lipinski definition) is 5. The predicted octanol–water partition coefficient (Wildman–Crippen LogP) is 5.11. The van der Waals surface area contributed by atoms with Gasteiger partial charge in [-0.05, 0) is 13.3 Å². The second-order valence-electron chi connectivity index (χ2n) is 11.3. The minimum absolute atomic E-state index is 0.00860. The summed E-state index contributed by atoms with van der Waals surface area (Å²) in [5.41, 5.74) is -2.15. The number of phosphoric ester groups is 1. The molecule has 0 aromatic carbocycles. The van der Waals surface area contributed by atoms with Crippen LogP contribution in [0.15, 0.2) is 0 Å². The van der Waals surface area contributed by atoms with Crippen molar-refractivity contribution >= 4 is 13.6 Å². The molecule has 0 aliphatic rings. The summed E-state index contributed by atoms with van der Waals surface area (Å²) in [7, 11) is 0.369. The number of nitrogens with zero attached hydrogens (tertiary/aromatic N) is 1. The van der Waals surface area contributed by atoms with Crippen LogP contribution in [0, 0.1) is 0 Å². The Balaban J connectivity index is 4.13. The number of rotatable bonds is 23. The number of Topliss-reactive ketones (excluding diaryl/α,β-unsaturated/α-hetero) is 1. The second-order valence-corrected chi connectivity index (χ2v) is 12.5. The van der Waals surface area contributed by atoms with E-state index in [-0.39, 0.29) is 17.4 Å². The SMILES string of the molecule is CCCCCCCCCCCCCCCCCC(=O)C(C)(O)C(O)C(C[N+](C)(C)C)OP(=O)(O)O. The lowest BCUT2D eigenvalue weighted by atomic mass is 9.87. The van der Waals surface area contributed by atoms with Crippen LogP contribution in [-0.2, 0) is 13.9 Å². The van der Waals surface area contributed by atoms with Gasteiger partial charge < -0.3 is 24.5 Å². The van der Waals surface area contributed by atoms with E-state index in [0.717, 1.165) is 19.3 Å². The fourth-order valence-corrected chi connectivity index (χ4v) is 4.88. The second kappa shape index (κ2) is 18.0. The molecule has 0 rings (SSSR count). The minimum Gasteiger partial charge on any atom is -0.387 e. The van der Waals surface area contributed by atoms with E-state index in [1.807, 2.05) is 0 Å². The van der Waals surface area contributed by atoms with Gasteiger partial charge in [0, 0.05) is 6.42 Å².